The lowest BCUT2D eigenvalue weighted by molar-refractivity contribution is -0.165. The van der Waals surface area contributed by atoms with Crippen molar-refractivity contribution in [2.75, 3.05) is 7.11 Å². The standard InChI is InChI=1S/C10H11NO4/c1-7(12)15-9(10(13)14-2)8-5-3-4-6-11-8/h3-6,9H,1-2H3. The topological polar surface area (TPSA) is 65.5 Å². The van der Waals surface area contributed by atoms with E-state index in [1.54, 1.807) is 18.2 Å². The van der Waals surface area contributed by atoms with E-state index in [9.17, 15) is 9.59 Å². The number of ether oxygens (including phenoxy) is 2. The summed E-state index contributed by atoms with van der Waals surface area (Å²) in [5.74, 6) is -1.21. The van der Waals surface area contributed by atoms with Crippen LogP contribution >= 0.6 is 0 Å². The second kappa shape index (κ2) is 5.09. The minimum absolute atomic E-state index is 0.347. The number of methoxy groups -OCH3 is 1. The van der Waals surface area contributed by atoms with E-state index in [1.165, 1.54) is 20.2 Å². The van der Waals surface area contributed by atoms with Crippen molar-refractivity contribution in [2.24, 2.45) is 0 Å². The van der Waals surface area contributed by atoms with Gasteiger partial charge >= 0.3 is 11.9 Å². The van der Waals surface area contributed by atoms with Crippen molar-refractivity contribution < 1.29 is 19.1 Å². The molecule has 0 saturated heterocycles. The molecule has 1 aromatic rings. The molecule has 0 bridgehead atoms. The highest BCUT2D eigenvalue weighted by atomic mass is 16.6. The Morgan fingerprint density at radius 3 is 2.60 bits per heavy atom. The Hall–Kier alpha value is -1.91. The van der Waals surface area contributed by atoms with Crippen LogP contribution in [-0.4, -0.2) is 24.0 Å². The first-order valence-corrected chi connectivity index (χ1v) is 4.31. The predicted molar refractivity (Wildman–Crippen MR) is 50.8 cm³/mol. The fraction of sp³-hybridized carbons (Fsp3) is 0.300. The van der Waals surface area contributed by atoms with E-state index in [1.807, 2.05) is 0 Å². The lowest BCUT2D eigenvalue weighted by Crippen LogP contribution is -2.20. The number of aromatic nitrogens is 1. The van der Waals surface area contributed by atoms with Crippen LogP contribution in [0, 0.1) is 0 Å². The molecule has 1 unspecified atom stereocenters. The lowest BCUT2D eigenvalue weighted by atomic mass is 10.2. The Labute approximate surface area is 87.0 Å². The van der Waals surface area contributed by atoms with Gasteiger partial charge in [-0.1, -0.05) is 6.07 Å². The van der Waals surface area contributed by atoms with E-state index < -0.39 is 18.0 Å². The Balaban J connectivity index is 2.91. The van der Waals surface area contributed by atoms with Gasteiger partial charge in [-0.15, -0.1) is 0 Å². The number of esters is 2. The van der Waals surface area contributed by atoms with Crippen LogP contribution in [0.25, 0.3) is 0 Å². The molecule has 5 heteroatoms. The first-order valence-electron chi connectivity index (χ1n) is 4.31. The Morgan fingerprint density at radius 2 is 2.13 bits per heavy atom. The summed E-state index contributed by atoms with van der Waals surface area (Å²) >= 11 is 0. The molecule has 0 aliphatic heterocycles. The van der Waals surface area contributed by atoms with Crippen LogP contribution in [0.1, 0.15) is 18.7 Å². The van der Waals surface area contributed by atoms with Gasteiger partial charge in [0, 0.05) is 13.1 Å². The Bertz CT molecular complexity index is 350. The maximum atomic E-state index is 11.3. The molecule has 0 amide bonds. The zero-order chi connectivity index (χ0) is 11.3. The van der Waals surface area contributed by atoms with Crippen molar-refractivity contribution in [3.63, 3.8) is 0 Å². The Morgan fingerprint density at radius 1 is 1.40 bits per heavy atom. The van der Waals surface area contributed by atoms with Crippen LogP contribution in [0.4, 0.5) is 0 Å². The SMILES string of the molecule is COC(=O)C(OC(C)=O)c1ccccn1. The van der Waals surface area contributed by atoms with Crippen molar-refractivity contribution in [3.8, 4) is 0 Å². The summed E-state index contributed by atoms with van der Waals surface area (Å²) in [5.41, 5.74) is 0.347. The van der Waals surface area contributed by atoms with Gasteiger partial charge in [-0.3, -0.25) is 9.78 Å². The van der Waals surface area contributed by atoms with Gasteiger partial charge in [0.1, 0.15) is 0 Å². The van der Waals surface area contributed by atoms with Gasteiger partial charge in [-0.05, 0) is 12.1 Å². The van der Waals surface area contributed by atoms with Crippen LogP contribution in [0.5, 0.6) is 0 Å². The molecule has 0 radical (unpaired) electrons. The smallest absolute Gasteiger partial charge is 0.353 e. The summed E-state index contributed by atoms with van der Waals surface area (Å²) in [6.45, 7) is 1.22. The normalized spacial score (nSPS) is 11.6. The summed E-state index contributed by atoms with van der Waals surface area (Å²) in [7, 11) is 1.22. The minimum Gasteiger partial charge on any atom is -0.466 e. The van der Waals surface area contributed by atoms with Gasteiger partial charge in [-0.25, -0.2) is 4.79 Å². The number of carbonyl (C=O) groups is 2. The second-order valence-electron chi connectivity index (χ2n) is 2.77. The van der Waals surface area contributed by atoms with E-state index in [2.05, 4.69) is 9.72 Å². The van der Waals surface area contributed by atoms with Gasteiger partial charge in [0.15, 0.2) is 0 Å². The average Bonchev–Trinajstić information content (AvgIpc) is 2.26. The molecule has 0 N–H and O–H groups in total. The quantitative estimate of drug-likeness (QED) is 0.691. The number of pyridine rings is 1. The number of hydrogen-bond donors (Lipinski definition) is 0. The van der Waals surface area contributed by atoms with Crippen molar-refractivity contribution in [1.29, 1.82) is 0 Å². The van der Waals surface area contributed by atoms with Crippen LogP contribution in [0.15, 0.2) is 24.4 Å². The van der Waals surface area contributed by atoms with Crippen molar-refractivity contribution in [2.45, 2.75) is 13.0 Å². The molecule has 1 heterocycles. The summed E-state index contributed by atoms with van der Waals surface area (Å²) in [5, 5.41) is 0. The highest BCUT2D eigenvalue weighted by Crippen LogP contribution is 2.16. The number of rotatable bonds is 3. The third-order valence-electron chi connectivity index (χ3n) is 1.66. The largest absolute Gasteiger partial charge is 0.466 e. The molecule has 1 aromatic heterocycles. The highest BCUT2D eigenvalue weighted by molar-refractivity contribution is 5.79. The van der Waals surface area contributed by atoms with E-state index in [4.69, 9.17) is 4.74 Å². The van der Waals surface area contributed by atoms with Crippen molar-refractivity contribution in [3.05, 3.63) is 30.1 Å². The molecule has 0 aliphatic carbocycles. The molecule has 5 nitrogen and oxygen atoms in total. The number of carbonyl (C=O) groups excluding carboxylic acids is 2. The highest BCUT2D eigenvalue weighted by Gasteiger charge is 2.25. The molecule has 0 fully saturated rings. The molecule has 15 heavy (non-hydrogen) atoms. The van der Waals surface area contributed by atoms with Crippen LogP contribution < -0.4 is 0 Å². The molecular formula is C10H11NO4. The van der Waals surface area contributed by atoms with Crippen LogP contribution in [0.3, 0.4) is 0 Å². The van der Waals surface area contributed by atoms with Crippen LogP contribution in [-0.2, 0) is 19.1 Å². The Kier molecular flexibility index (Phi) is 3.79. The minimum atomic E-state index is -1.09. The average molecular weight is 209 g/mol. The molecule has 1 rings (SSSR count). The maximum Gasteiger partial charge on any atom is 0.353 e. The molecule has 1 atom stereocenters. The van der Waals surface area contributed by atoms with E-state index >= 15 is 0 Å². The van der Waals surface area contributed by atoms with Gasteiger partial charge < -0.3 is 9.47 Å². The monoisotopic (exact) mass is 209 g/mol. The second-order valence-corrected chi connectivity index (χ2v) is 2.77. The maximum absolute atomic E-state index is 11.3. The molecule has 0 saturated carbocycles. The zero-order valence-electron chi connectivity index (χ0n) is 8.47. The van der Waals surface area contributed by atoms with Gasteiger partial charge in [0.05, 0.1) is 12.8 Å². The summed E-state index contributed by atoms with van der Waals surface area (Å²) in [6.07, 6.45) is 0.420. The number of nitrogens with zero attached hydrogens (tertiary/aromatic N) is 1. The zero-order valence-corrected chi connectivity index (χ0v) is 8.47. The van der Waals surface area contributed by atoms with E-state index in [0.717, 1.165) is 0 Å². The molecule has 0 aliphatic rings. The van der Waals surface area contributed by atoms with E-state index in [0.29, 0.717) is 5.69 Å². The summed E-state index contributed by atoms with van der Waals surface area (Å²) in [4.78, 5) is 26.0. The fourth-order valence-electron chi connectivity index (χ4n) is 1.03. The predicted octanol–water partition coefficient (Wildman–Crippen LogP) is 0.859. The van der Waals surface area contributed by atoms with Gasteiger partial charge in [0.2, 0.25) is 6.10 Å². The summed E-state index contributed by atoms with van der Waals surface area (Å²) < 4.78 is 9.32. The molecular weight excluding hydrogens is 198 g/mol. The third kappa shape index (κ3) is 3.05. The lowest BCUT2D eigenvalue weighted by Gasteiger charge is -2.13. The van der Waals surface area contributed by atoms with Gasteiger partial charge in [0.25, 0.3) is 0 Å². The first-order chi connectivity index (χ1) is 7.15. The van der Waals surface area contributed by atoms with Gasteiger partial charge in [-0.2, -0.15) is 0 Å². The van der Waals surface area contributed by atoms with Crippen molar-refractivity contribution in [1.82, 2.24) is 4.98 Å². The molecule has 0 aromatic carbocycles. The third-order valence-corrected chi connectivity index (χ3v) is 1.66. The molecule has 0 spiro atoms. The van der Waals surface area contributed by atoms with Crippen molar-refractivity contribution >= 4 is 11.9 Å². The number of hydrogen-bond acceptors (Lipinski definition) is 5. The molecule has 80 valence electrons. The van der Waals surface area contributed by atoms with Crippen LogP contribution in [0.2, 0.25) is 0 Å². The van der Waals surface area contributed by atoms with E-state index in [-0.39, 0.29) is 0 Å². The summed E-state index contributed by atoms with van der Waals surface area (Å²) in [6, 6.07) is 4.98. The first kappa shape index (κ1) is 11.2. The fourth-order valence-corrected chi connectivity index (χ4v) is 1.03.